The third kappa shape index (κ3) is 2.81. The lowest BCUT2D eigenvalue weighted by Crippen LogP contribution is -2.13. The van der Waals surface area contributed by atoms with Crippen molar-refractivity contribution in [3.63, 3.8) is 0 Å². The van der Waals surface area contributed by atoms with Crippen LogP contribution in [0.5, 0.6) is 0 Å². The number of rotatable bonds is 5. The van der Waals surface area contributed by atoms with Gasteiger partial charge in [0.25, 0.3) is 10.0 Å². The molecule has 0 amide bonds. The predicted molar refractivity (Wildman–Crippen MR) is 88.8 cm³/mol. The third-order valence-corrected chi connectivity index (χ3v) is 5.51. The highest BCUT2D eigenvalue weighted by Crippen LogP contribution is 2.25. The summed E-state index contributed by atoms with van der Waals surface area (Å²) in [7, 11) is -3.51. The van der Waals surface area contributed by atoms with E-state index in [1.165, 1.54) is 3.97 Å². The van der Waals surface area contributed by atoms with Crippen molar-refractivity contribution in [1.82, 2.24) is 3.97 Å². The fraction of sp³-hybridized carbons (Fsp3) is 0.294. The summed E-state index contributed by atoms with van der Waals surface area (Å²) in [6.45, 7) is 5.80. The molecule has 3 nitrogen and oxygen atoms in total. The van der Waals surface area contributed by atoms with Gasteiger partial charge in [0.1, 0.15) is 0 Å². The lowest BCUT2D eigenvalue weighted by Gasteiger charge is -2.10. The van der Waals surface area contributed by atoms with Crippen LogP contribution >= 0.6 is 0 Å². The van der Waals surface area contributed by atoms with Gasteiger partial charge in [0.15, 0.2) is 0 Å². The highest BCUT2D eigenvalue weighted by molar-refractivity contribution is 7.94. The van der Waals surface area contributed by atoms with Gasteiger partial charge in [-0.3, -0.25) is 0 Å². The molecule has 2 aromatic rings. The summed E-state index contributed by atoms with van der Waals surface area (Å²) in [4.78, 5) is 0.417. The average Bonchev–Trinajstić information content (AvgIpc) is 2.92. The van der Waals surface area contributed by atoms with E-state index in [-0.39, 0.29) is 0 Å². The number of fused-ring (bicyclic) bond motifs is 1. The fourth-order valence-corrected chi connectivity index (χ4v) is 3.95. The topological polar surface area (TPSA) is 39.1 Å². The molecule has 0 N–H and O–H groups in total. The zero-order valence-corrected chi connectivity index (χ0v) is 13.5. The number of aromatic nitrogens is 1. The molecule has 0 bridgehead atoms. The third-order valence-electron chi connectivity index (χ3n) is 3.58. The van der Waals surface area contributed by atoms with E-state index in [1.807, 2.05) is 44.2 Å². The molecule has 1 aromatic carbocycles. The van der Waals surface area contributed by atoms with Gasteiger partial charge in [0.2, 0.25) is 0 Å². The SMILES string of the molecule is C/C=C\C=C(/CC)S(=O)(=O)n1ccc2c(CC)cccc21. The molecule has 1 heterocycles. The molecule has 112 valence electrons. The van der Waals surface area contributed by atoms with Crippen LogP contribution in [0, 0.1) is 0 Å². The molecule has 0 saturated heterocycles. The molecular formula is C17H21NO2S. The Morgan fingerprint density at radius 1 is 1.24 bits per heavy atom. The number of hydrogen-bond acceptors (Lipinski definition) is 2. The van der Waals surface area contributed by atoms with E-state index in [4.69, 9.17) is 0 Å². The number of nitrogens with zero attached hydrogens (tertiary/aromatic N) is 1. The molecule has 0 radical (unpaired) electrons. The zero-order valence-electron chi connectivity index (χ0n) is 12.7. The lowest BCUT2D eigenvalue weighted by atomic mass is 10.1. The van der Waals surface area contributed by atoms with E-state index in [2.05, 4.69) is 6.92 Å². The highest BCUT2D eigenvalue weighted by atomic mass is 32.2. The highest BCUT2D eigenvalue weighted by Gasteiger charge is 2.20. The van der Waals surface area contributed by atoms with Crippen molar-refractivity contribution >= 4 is 20.9 Å². The Hall–Kier alpha value is -1.81. The molecular weight excluding hydrogens is 282 g/mol. The summed E-state index contributed by atoms with van der Waals surface area (Å²) in [5, 5.41) is 1.00. The maximum Gasteiger partial charge on any atom is 0.264 e. The van der Waals surface area contributed by atoms with Crippen LogP contribution in [-0.2, 0) is 16.4 Å². The zero-order chi connectivity index (χ0) is 15.5. The van der Waals surface area contributed by atoms with Gasteiger partial charge in [-0.1, -0.05) is 38.1 Å². The molecule has 0 atom stereocenters. The molecule has 2 rings (SSSR count). The van der Waals surface area contributed by atoms with Crippen molar-refractivity contribution in [1.29, 1.82) is 0 Å². The minimum atomic E-state index is -3.51. The van der Waals surface area contributed by atoms with Crippen LogP contribution in [-0.4, -0.2) is 12.4 Å². The van der Waals surface area contributed by atoms with E-state index in [9.17, 15) is 8.42 Å². The van der Waals surface area contributed by atoms with Gasteiger partial charge in [-0.2, -0.15) is 0 Å². The normalized spacial score (nSPS) is 13.4. The van der Waals surface area contributed by atoms with Gasteiger partial charge in [0, 0.05) is 11.6 Å². The minimum absolute atomic E-state index is 0.417. The second-order valence-corrected chi connectivity index (χ2v) is 6.70. The monoisotopic (exact) mass is 303 g/mol. The summed E-state index contributed by atoms with van der Waals surface area (Å²) in [5.74, 6) is 0. The summed E-state index contributed by atoms with van der Waals surface area (Å²) in [6, 6.07) is 7.69. The molecule has 21 heavy (non-hydrogen) atoms. The van der Waals surface area contributed by atoms with Gasteiger partial charge in [-0.05, 0) is 43.5 Å². The second kappa shape index (κ2) is 6.31. The van der Waals surface area contributed by atoms with Crippen molar-refractivity contribution in [3.8, 4) is 0 Å². The predicted octanol–water partition coefficient (Wildman–Crippen LogP) is 4.25. The van der Waals surface area contributed by atoms with Crippen LogP contribution in [0.3, 0.4) is 0 Å². The molecule has 1 aromatic heterocycles. The van der Waals surface area contributed by atoms with Crippen molar-refractivity contribution < 1.29 is 8.42 Å². The number of aryl methyl sites for hydroxylation is 1. The molecule has 0 spiro atoms. The van der Waals surface area contributed by atoms with Crippen molar-refractivity contribution in [2.24, 2.45) is 0 Å². The van der Waals surface area contributed by atoms with Gasteiger partial charge in [0.05, 0.1) is 10.4 Å². The van der Waals surface area contributed by atoms with Crippen LogP contribution in [0.15, 0.2) is 53.6 Å². The molecule has 0 aliphatic rings. The van der Waals surface area contributed by atoms with E-state index in [0.717, 1.165) is 22.9 Å². The maximum atomic E-state index is 12.8. The number of allylic oxidation sites excluding steroid dienone is 4. The first-order chi connectivity index (χ1) is 10.1. The smallest absolute Gasteiger partial charge is 0.241 e. The average molecular weight is 303 g/mol. The van der Waals surface area contributed by atoms with E-state index in [1.54, 1.807) is 18.3 Å². The molecule has 0 unspecified atom stereocenters. The van der Waals surface area contributed by atoms with Crippen LogP contribution in [0.25, 0.3) is 10.9 Å². The first-order valence-electron chi connectivity index (χ1n) is 7.22. The summed E-state index contributed by atoms with van der Waals surface area (Å²) < 4.78 is 27.0. The Balaban J connectivity index is 2.66. The van der Waals surface area contributed by atoms with E-state index >= 15 is 0 Å². The van der Waals surface area contributed by atoms with Gasteiger partial charge >= 0.3 is 0 Å². The van der Waals surface area contributed by atoms with Crippen molar-refractivity contribution in [3.05, 3.63) is 59.2 Å². The Morgan fingerprint density at radius 3 is 2.62 bits per heavy atom. The van der Waals surface area contributed by atoms with Gasteiger partial charge < -0.3 is 0 Å². The molecule has 0 fully saturated rings. The van der Waals surface area contributed by atoms with Crippen LogP contribution < -0.4 is 0 Å². The van der Waals surface area contributed by atoms with E-state index < -0.39 is 10.0 Å². The molecule has 0 aliphatic heterocycles. The Labute approximate surface area is 126 Å². The summed E-state index contributed by atoms with van der Waals surface area (Å²) in [6.07, 6.45) is 8.27. The fourth-order valence-electron chi connectivity index (χ4n) is 2.44. The first-order valence-corrected chi connectivity index (χ1v) is 8.66. The largest absolute Gasteiger partial charge is 0.264 e. The molecule has 4 heteroatoms. The van der Waals surface area contributed by atoms with Crippen molar-refractivity contribution in [2.45, 2.75) is 33.6 Å². The Bertz CT molecular complexity index is 795. The minimum Gasteiger partial charge on any atom is -0.241 e. The lowest BCUT2D eigenvalue weighted by molar-refractivity contribution is 0.594. The van der Waals surface area contributed by atoms with Crippen LogP contribution in [0.1, 0.15) is 32.8 Å². The summed E-state index contributed by atoms with van der Waals surface area (Å²) >= 11 is 0. The maximum absolute atomic E-state index is 12.8. The molecule has 0 aliphatic carbocycles. The standard InChI is InChI=1S/C17H21NO2S/c1-4-7-10-15(6-3)21(19,20)18-13-12-16-14(5-2)9-8-11-17(16)18/h4,7-13H,5-6H2,1-3H3/b7-4-,15-10+. The number of benzene rings is 1. The Morgan fingerprint density at radius 2 is 2.00 bits per heavy atom. The van der Waals surface area contributed by atoms with Gasteiger partial charge in [-0.15, -0.1) is 0 Å². The van der Waals surface area contributed by atoms with E-state index in [0.29, 0.717) is 11.3 Å². The Kier molecular flexibility index (Phi) is 4.68. The molecule has 0 saturated carbocycles. The van der Waals surface area contributed by atoms with Gasteiger partial charge in [-0.25, -0.2) is 12.4 Å². The quantitative estimate of drug-likeness (QED) is 0.774. The first kappa shape index (κ1) is 15.6. The van der Waals surface area contributed by atoms with Crippen LogP contribution in [0.4, 0.5) is 0 Å². The van der Waals surface area contributed by atoms with Crippen molar-refractivity contribution in [2.75, 3.05) is 0 Å². The number of hydrogen-bond donors (Lipinski definition) is 0. The van der Waals surface area contributed by atoms with Crippen LogP contribution in [0.2, 0.25) is 0 Å². The second-order valence-electron chi connectivity index (χ2n) is 4.83. The summed E-state index contributed by atoms with van der Waals surface area (Å²) in [5.41, 5.74) is 1.91.